The fourth-order valence-corrected chi connectivity index (χ4v) is 2.57. The number of nitrogens with zero attached hydrogens (tertiary/aromatic N) is 1. The number of aromatic nitrogens is 1. The van der Waals surface area contributed by atoms with E-state index in [4.69, 9.17) is 0 Å². The monoisotopic (exact) mass is 301 g/mol. The zero-order chi connectivity index (χ0) is 15.6. The molecule has 0 radical (unpaired) electrons. The molecule has 2 aromatic rings. The molecular formula is C18H14F3N. The third kappa shape index (κ3) is 2.96. The van der Waals surface area contributed by atoms with Crippen LogP contribution in [0.2, 0.25) is 0 Å². The van der Waals surface area contributed by atoms with Gasteiger partial charge >= 0.3 is 6.18 Å². The molecule has 22 heavy (non-hydrogen) atoms. The summed E-state index contributed by atoms with van der Waals surface area (Å²) in [5.41, 5.74) is 1.89. The molecule has 1 aliphatic carbocycles. The van der Waals surface area contributed by atoms with Crippen molar-refractivity contribution in [2.75, 3.05) is 0 Å². The van der Waals surface area contributed by atoms with Gasteiger partial charge in [0.1, 0.15) is 0 Å². The summed E-state index contributed by atoms with van der Waals surface area (Å²) in [6.45, 7) is 0. The molecule has 0 saturated carbocycles. The highest BCUT2D eigenvalue weighted by molar-refractivity contribution is 5.73. The van der Waals surface area contributed by atoms with Crippen molar-refractivity contribution in [1.82, 2.24) is 4.98 Å². The van der Waals surface area contributed by atoms with Gasteiger partial charge in [0.2, 0.25) is 0 Å². The van der Waals surface area contributed by atoms with Gasteiger partial charge < -0.3 is 0 Å². The number of hydrogen-bond donors (Lipinski definition) is 0. The summed E-state index contributed by atoms with van der Waals surface area (Å²) < 4.78 is 39.5. The Bertz CT molecular complexity index is 742. The van der Waals surface area contributed by atoms with Gasteiger partial charge in [-0.3, -0.25) is 4.98 Å². The second-order valence-electron chi connectivity index (χ2n) is 5.13. The first kappa shape index (κ1) is 14.6. The van der Waals surface area contributed by atoms with Gasteiger partial charge in [-0.15, -0.1) is 0 Å². The molecule has 1 heterocycles. The van der Waals surface area contributed by atoms with Gasteiger partial charge in [0.05, 0.1) is 11.3 Å². The molecule has 0 unspecified atom stereocenters. The first-order valence-electron chi connectivity index (χ1n) is 7.04. The van der Waals surface area contributed by atoms with Crippen LogP contribution in [0.5, 0.6) is 0 Å². The van der Waals surface area contributed by atoms with E-state index >= 15 is 0 Å². The van der Waals surface area contributed by atoms with Crippen molar-refractivity contribution in [3.05, 3.63) is 72.1 Å². The fourth-order valence-electron chi connectivity index (χ4n) is 2.57. The Kier molecular flexibility index (Phi) is 3.84. The van der Waals surface area contributed by atoms with Crippen molar-refractivity contribution in [1.29, 1.82) is 0 Å². The lowest BCUT2D eigenvalue weighted by Crippen LogP contribution is -2.07. The van der Waals surface area contributed by atoms with E-state index in [0.717, 1.165) is 30.2 Å². The number of pyridine rings is 1. The summed E-state index contributed by atoms with van der Waals surface area (Å²) in [5.74, 6) is 0. The average molecular weight is 301 g/mol. The lowest BCUT2D eigenvalue weighted by molar-refractivity contribution is -0.137. The van der Waals surface area contributed by atoms with Crippen molar-refractivity contribution in [2.45, 2.75) is 19.0 Å². The lowest BCUT2D eigenvalue weighted by atomic mass is 9.96. The predicted octanol–water partition coefficient (Wildman–Crippen LogP) is 5.50. The van der Waals surface area contributed by atoms with Gasteiger partial charge in [0, 0.05) is 6.20 Å². The van der Waals surface area contributed by atoms with Crippen molar-refractivity contribution in [3.63, 3.8) is 0 Å². The van der Waals surface area contributed by atoms with E-state index in [9.17, 15) is 13.2 Å². The predicted molar refractivity (Wildman–Crippen MR) is 81.0 cm³/mol. The summed E-state index contributed by atoms with van der Waals surface area (Å²) in [6, 6.07) is 8.98. The van der Waals surface area contributed by atoms with Crippen molar-refractivity contribution >= 4 is 5.57 Å². The van der Waals surface area contributed by atoms with Gasteiger partial charge in [-0.25, -0.2) is 0 Å². The largest absolute Gasteiger partial charge is 0.417 e. The van der Waals surface area contributed by atoms with E-state index in [2.05, 4.69) is 11.1 Å². The third-order valence-electron chi connectivity index (χ3n) is 3.65. The number of halogens is 3. The molecule has 0 bridgehead atoms. The van der Waals surface area contributed by atoms with E-state index in [-0.39, 0.29) is 5.56 Å². The Balaban J connectivity index is 2.07. The lowest BCUT2D eigenvalue weighted by Gasteiger charge is -2.14. The Morgan fingerprint density at radius 1 is 1.05 bits per heavy atom. The maximum Gasteiger partial charge on any atom is 0.417 e. The van der Waals surface area contributed by atoms with Gasteiger partial charge in [-0.2, -0.15) is 13.2 Å². The third-order valence-corrected chi connectivity index (χ3v) is 3.65. The zero-order valence-corrected chi connectivity index (χ0v) is 11.8. The minimum Gasteiger partial charge on any atom is -0.257 e. The van der Waals surface area contributed by atoms with Crippen LogP contribution < -0.4 is 0 Å². The zero-order valence-electron chi connectivity index (χ0n) is 11.8. The van der Waals surface area contributed by atoms with Crippen LogP contribution in [-0.2, 0) is 6.18 Å². The fraction of sp³-hybridized carbons (Fsp3) is 0.167. The molecule has 0 amide bonds. The molecule has 4 heteroatoms. The summed E-state index contributed by atoms with van der Waals surface area (Å²) >= 11 is 0. The molecule has 0 atom stereocenters. The summed E-state index contributed by atoms with van der Waals surface area (Å²) in [7, 11) is 0. The highest BCUT2D eigenvalue weighted by Gasteiger charge is 2.33. The molecule has 112 valence electrons. The Hall–Kier alpha value is -2.36. The minimum atomic E-state index is -4.37. The molecule has 0 saturated heterocycles. The number of benzene rings is 1. The van der Waals surface area contributed by atoms with Crippen LogP contribution in [-0.4, -0.2) is 4.98 Å². The summed E-state index contributed by atoms with van der Waals surface area (Å²) in [6.07, 6.45) is 4.96. The first-order chi connectivity index (χ1) is 10.6. The summed E-state index contributed by atoms with van der Waals surface area (Å²) in [4.78, 5) is 4.30. The van der Waals surface area contributed by atoms with Crippen LogP contribution in [0.3, 0.4) is 0 Å². The van der Waals surface area contributed by atoms with E-state index in [0.29, 0.717) is 5.56 Å². The number of allylic oxidation sites excluding steroid dienone is 4. The van der Waals surface area contributed by atoms with Crippen molar-refractivity contribution in [3.8, 4) is 11.1 Å². The molecule has 3 rings (SSSR count). The molecule has 1 aromatic carbocycles. The summed E-state index contributed by atoms with van der Waals surface area (Å²) in [5, 5.41) is 0. The van der Waals surface area contributed by atoms with Crippen LogP contribution >= 0.6 is 0 Å². The van der Waals surface area contributed by atoms with Gasteiger partial charge in [0.15, 0.2) is 0 Å². The number of rotatable bonds is 2. The number of alkyl halides is 3. The van der Waals surface area contributed by atoms with E-state index in [1.54, 1.807) is 24.4 Å². The van der Waals surface area contributed by atoms with Crippen molar-refractivity contribution < 1.29 is 13.2 Å². The van der Waals surface area contributed by atoms with Crippen LogP contribution in [0.1, 0.15) is 24.1 Å². The average Bonchev–Trinajstić information content (AvgIpc) is 2.55. The van der Waals surface area contributed by atoms with Crippen LogP contribution in [0, 0.1) is 0 Å². The molecule has 1 nitrogen and oxygen atoms in total. The van der Waals surface area contributed by atoms with Crippen LogP contribution in [0.15, 0.2) is 60.8 Å². The molecule has 0 fully saturated rings. The van der Waals surface area contributed by atoms with E-state index < -0.39 is 11.7 Å². The minimum absolute atomic E-state index is 0.186. The quantitative estimate of drug-likeness (QED) is 0.713. The number of hydrogen-bond acceptors (Lipinski definition) is 1. The first-order valence-corrected chi connectivity index (χ1v) is 7.04. The highest BCUT2D eigenvalue weighted by Crippen LogP contribution is 2.37. The Labute approximate surface area is 126 Å². The highest BCUT2D eigenvalue weighted by atomic mass is 19.4. The van der Waals surface area contributed by atoms with Crippen LogP contribution in [0.4, 0.5) is 13.2 Å². The van der Waals surface area contributed by atoms with Crippen molar-refractivity contribution in [2.24, 2.45) is 0 Å². The van der Waals surface area contributed by atoms with Gasteiger partial charge in [-0.1, -0.05) is 36.4 Å². The Morgan fingerprint density at radius 3 is 2.59 bits per heavy atom. The van der Waals surface area contributed by atoms with Gasteiger partial charge in [-0.05, 0) is 47.7 Å². The van der Waals surface area contributed by atoms with E-state index in [1.165, 1.54) is 12.1 Å². The van der Waals surface area contributed by atoms with Crippen LogP contribution in [0.25, 0.3) is 16.7 Å². The smallest absolute Gasteiger partial charge is 0.257 e. The molecule has 0 aliphatic heterocycles. The molecular weight excluding hydrogens is 287 g/mol. The SMILES string of the molecule is FC(F)(F)c1ccccc1-c1ccnc(C2=CC=CCC2)c1. The van der Waals surface area contributed by atoms with E-state index in [1.807, 2.05) is 12.2 Å². The topological polar surface area (TPSA) is 12.9 Å². The Morgan fingerprint density at radius 2 is 1.86 bits per heavy atom. The standard InChI is InChI=1S/C18H14F3N/c19-18(20,21)16-9-5-4-8-15(16)14-10-11-22-17(12-14)13-6-2-1-3-7-13/h1-2,4-6,8-12H,3,7H2. The molecule has 1 aromatic heterocycles. The second kappa shape index (κ2) is 5.79. The maximum absolute atomic E-state index is 13.2. The van der Waals surface area contributed by atoms with Gasteiger partial charge in [0.25, 0.3) is 0 Å². The normalized spacial score (nSPS) is 14.8. The maximum atomic E-state index is 13.2. The molecule has 0 N–H and O–H groups in total. The molecule has 1 aliphatic rings. The molecule has 0 spiro atoms. The second-order valence-corrected chi connectivity index (χ2v) is 5.13.